The monoisotopic (exact) mass is 297 g/mol. The molecular formula is C15H27N3O3. The molecule has 2 unspecified atom stereocenters. The van der Waals surface area contributed by atoms with Crippen molar-refractivity contribution in [2.45, 2.75) is 32.6 Å². The van der Waals surface area contributed by atoms with Gasteiger partial charge in [0.15, 0.2) is 0 Å². The summed E-state index contributed by atoms with van der Waals surface area (Å²) in [7, 11) is 0. The van der Waals surface area contributed by atoms with E-state index >= 15 is 0 Å². The van der Waals surface area contributed by atoms with Crippen LogP contribution in [0.3, 0.4) is 0 Å². The summed E-state index contributed by atoms with van der Waals surface area (Å²) in [5.74, 6) is 0.588. The summed E-state index contributed by atoms with van der Waals surface area (Å²) < 4.78 is 0. The number of amides is 2. The third kappa shape index (κ3) is 5.19. The number of nitrogens with one attached hydrogen (secondary N) is 1. The molecule has 0 aromatic heterocycles. The average Bonchev–Trinajstić information content (AvgIpc) is 2.45. The molecule has 0 radical (unpaired) electrons. The molecule has 1 aliphatic carbocycles. The van der Waals surface area contributed by atoms with Gasteiger partial charge in [-0.15, -0.1) is 0 Å². The molecule has 2 N–H and O–H groups in total. The van der Waals surface area contributed by atoms with Crippen LogP contribution in [-0.4, -0.2) is 66.2 Å². The first-order chi connectivity index (χ1) is 10.0. The molecule has 0 bridgehead atoms. The van der Waals surface area contributed by atoms with Crippen molar-refractivity contribution in [1.29, 1.82) is 0 Å². The number of rotatable bonds is 4. The molecule has 2 rings (SSSR count). The van der Waals surface area contributed by atoms with E-state index in [1.807, 2.05) is 4.90 Å². The van der Waals surface area contributed by atoms with Crippen LogP contribution in [0, 0.1) is 11.8 Å². The van der Waals surface area contributed by atoms with Gasteiger partial charge in [-0.1, -0.05) is 19.8 Å². The highest BCUT2D eigenvalue weighted by Gasteiger charge is 2.24. The predicted molar refractivity (Wildman–Crippen MR) is 80.2 cm³/mol. The van der Waals surface area contributed by atoms with Gasteiger partial charge in [-0.05, 0) is 24.7 Å². The second kappa shape index (κ2) is 7.64. The molecule has 21 heavy (non-hydrogen) atoms. The standard InChI is InChI=1S/C15H27N3O3/c1-12-3-2-4-13(9-12)10-16-15(21)18-7-5-17(6-8-18)11-14(19)20/h12-13H,2-11H2,1H3,(H,16,21)(H,19,20). The van der Waals surface area contributed by atoms with Gasteiger partial charge in [-0.3, -0.25) is 9.69 Å². The smallest absolute Gasteiger partial charge is 0.317 e. The highest BCUT2D eigenvalue weighted by Crippen LogP contribution is 2.27. The first-order valence-corrected chi connectivity index (χ1v) is 8.01. The molecule has 1 heterocycles. The summed E-state index contributed by atoms with van der Waals surface area (Å²) in [6, 6.07) is 0.00296. The first kappa shape index (κ1) is 16.1. The van der Waals surface area contributed by atoms with Crippen molar-refractivity contribution in [3.8, 4) is 0 Å². The number of nitrogens with zero attached hydrogens (tertiary/aromatic N) is 2. The molecule has 0 spiro atoms. The summed E-state index contributed by atoms with van der Waals surface area (Å²) in [5.41, 5.74) is 0. The van der Waals surface area contributed by atoms with Crippen molar-refractivity contribution in [1.82, 2.24) is 15.1 Å². The zero-order valence-electron chi connectivity index (χ0n) is 12.9. The van der Waals surface area contributed by atoms with Crippen LogP contribution in [-0.2, 0) is 4.79 Å². The number of hydrogen-bond acceptors (Lipinski definition) is 3. The number of carbonyl (C=O) groups is 2. The van der Waals surface area contributed by atoms with Crippen molar-refractivity contribution in [3.05, 3.63) is 0 Å². The van der Waals surface area contributed by atoms with Crippen LogP contribution in [0.5, 0.6) is 0 Å². The number of urea groups is 1. The molecule has 2 atom stereocenters. The van der Waals surface area contributed by atoms with Crippen LogP contribution < -0.4 is 5.32 Å². The van der Waals surface area contributed by atoms with Crippen molar-refractivity contribution >= 4 is 12.0 Å². The predicted octanol–water partition coefficient (Wildman–Crippen LogP) is 1.22. The Balaban J connectivity index is 1.66. The lowest BCUT2D eigenvalue weighted by Crippen LogP contribution is -2.53. The molecule has 0 aromatic rings. The summed E-state index contributed by atoms with van der Waals surface area (Å²) in [4.78, 5) is 26.4. The fraction of sp³-hybridized carbons (Fsp3) is 0.867. The van der Waals surface area contributed by atoms with Gasteiger partial charge < -0.3 is 15.3 Å². The topological polar surface area (TPSA) is 72.9 Å². The van der Waals surface area contributed by atoms with E-state index in [2.05, 4.69) is 12.2 Å². The number of carboxylic acids is 1. The molecule has 120 valence electrons. The van der Waals surface area contributed by atoms with E-state index in [9.17, 15) is 9.59 Å². The number of carboxylic acid groups (broad SMARTS) is 1. The van der Waals surface area contributed by atoms with Gasteiger partial charge in [0.25, 0.3) is 0 Å². The fourth-order valence-corrected chi connectivity index (χ4v) is 3.39. The number of piperazine rings is 1. The lowest BCUT2D eigenvalue weighted by molar-refractivity contribution is -0.138. The Hall–Kier alpha value is -1.30. The lowest BCUT2D eigenvalue weighted by Gasteiger charge is -2.34. The van der Waals surface area contributed by atoms with E-state index in [0.29, 0.717) is 32.1 Å². The molecule has 1 saturated carbocycles. The van der Waals surface area contributed by atoms with Crippen LogP contribution in [0.25, 0.3) is 0 Å². The van der Waals surface area contributed by atoms with E-state index in [4.69, 9.17) is 5.11 Å². The van der Waals surface area contributed by atoms with Gasteiger partial charge in [0.1, 0.15) is 0 Å². The van der Waals surface area contributed by atoms with Gasteiger partial charge in [-0.2, -0.15) is 0 Å². The Labute approximate surface area is 126 Å². The van der Waals surface area contributed by atoms with Crippen LogP contribution in [0.4, 0.5) is 4.79 Å². The van der Waals surface area contributed by atoms with E-state index in [1.165, 1.54) is 25.7 Å². The highest BCUT2D eigenvalue weighted by molar-refractivity contribution is 5.74. The number of hydrogen-bond donors (Lipinski definition) is 2. The Kier molecular flexibility index (Phi) is 5.85. The quantitative estimate of drug-likeness (QED) is 0.818. The molecule has 6 heteroatoms. The normalized spacial score (nSPS) is 27.4. The van der Waals surface area contributed by atoms with Crippen molar-refractivity contribution in [2.24, 2.45) is 11.8 Å². The molecular weight excluding hydrogens is 270 g/mol. The van der Waals surface area contributed by atoms with Gasteiger partial charge in [0, 0.05) is 32.7 Å². The van der Waals surface area contributed by atoms with Crippen LogP contribution >= 0.6 is 0 Å². The minimum atomic E-state index is -0.806. The summed E-state index contributed by atoms with van der Waals surface area (Å²) in [6.45, 7) is 5.63. The minimum absolute atomic E-state index is 0.00296. The van der Waals surface area contributed by atoms with E-state index in [1.54, 1.807) is 4.90 Å². The molecule has 1 aliphatic heterocycles. The Bertz CT molecular complexity index is 367. The third-order valence-electron chi connectivity index (χ3n) is 4.61. The molecule has 1 saturated heterocycles. The third-order valence-corrected chi connectivity index (χ3v) is 4.61. The van der Waals surface area contributed by atoms with Crippen molar-refractivity contribution in [3.63, 3.8) is 0 Å². The maximum absolute atomic E-state index is 12.1. The maximum atomic E-state index is 12.1. The second-order valence-electron chi connectivity index (χ2n) is 6.48. The van der Waals surface area contributed by atoms with Gasteiger partial charge in [-0.25, -0.2) is 4.79 Å². The summed E-state index contributed by atoms with van der Waals surface area (Å²) in [5, 5.41) is 11.8. The first-order valence-electron chi connectivity index (χ1n) is 8.01. The molecule has 6 nitrogen and oxygen atoms in total. The Morgan fingerprint density at radius 1 is 1.19 bits per heavy atom. The van der Waals surface area contributed by atoms with E-state index in [-0.39, 0.29) is 12.6 Å². The average molecular weight is 297 g/mol. The maximum Gasteiger partial charge on any atom is 0.317 e. The molecule has 2 amide bonds. The van der Waals surface area contributed by atoms with Gasteiger partial charge in [0.2, 0.25) is 0 Å². The SMILES string of the molecule is CC1CCCC(CNC(=O)N2CCN(CC(=O)O)CC2)C1. The largest absolute Gasteiger partial charge is 0.480 e. The molecule has 0 aromatic carbocycles. The summed E-state index contributed by atoms with van der Waals surface area (Å²) >= 11 is 0. The zero-order chi connectivity index (χ0) is 15.2. The van der Waals surface area contributed by atoms with E-state index < -0.39 is 5.97 Å². The second-order valence-corrected chi connectivity index (χ2v) is 6.48. The van der Waals surface area contributed by atoms with Crippen molar-refractivity contribution in [2.75, 3.05) is 39.3 Å². The molecule has 2 fully saturated rings. The van der Waals surface area contributed by atoms with Crippen LogP contribution in [0.2, 0.25) is 0 Å². The van der Waals surface area contributed by atoms with Crippen molar-refractivity contribution < 1.29 is 14.7 Å². The Morgan fingerprint density at radius 2 is 1.90 bits per heavy atom. The highest BCUT2D eigenvalue weighted by atomic mass is 16.4. The number of aliphatic carboxylic acids is 1. The lowest BCUT2D eigenvalue weighted by atomic mass is 9.82. The van der Waals surface area contributed by atoms with Crippen LogP contribution in [0.1, 0.15) is 32.6 Å². The van der Waals surface area contributed by atoms with Crippen LogP contribution in [0.15, 0.2) is 0 Å². The number of carbonyl (C=O) groups excluding carboxylic acids is 1. The fourth-order valence-electron chi connectivity index (χ4n) is 3.39. The summed E-state index contributed by atoms with van der Waals surface area (Å²) in [6.07, 6.45) is 5.02. The Morgan fingerprint density at radius 3 is 2.52 bits per heavy atom. The zero-order valence-corrected chi connectivity index (χ0v) is 12.9. The molecule has 2 aliphatic rings. The van der Waals surface area contributed by atoms with Gasteiger partial charge in [0.05, 0.1) is 6.54 Å². The minimum Gasteiger partial charge on any atom is -0.480 e. The van der Waals surface area contributed by atoms with E-state index in [0.717, 1.165) is 12.5 Å². The van der Waals surface area contributed by atoms with Gasteiger partial charge >= 0.3 is 12.0 Å².